The summed E-state index contributed by atoms with van der Waals surface area (Å²) in [6, 6.07) is 7.22. The highest BCUT2D eigenvalue weighted by atomic mass is 32.2. The van der Waals surface area contributed by atoms with Gasteiger partial charge in [0.25, 0.3) is 0 Å². The molecule has 0 amide bonds. The van der Waals surface area contributed by atoms with Gasteiger partial charge in [0.2, 0.25) is 0 Å². The van der Waals surface area contributed by atoms with Crippen LogP contribution in [0.25, 0.3) is 0 Å². The number of hydrogen-bond acceptors (Lipinski definition) is 2. The van der Waals surface area contributed by atoms with Crippen molar-refractivity contribution in [2.45, 2.75) is 30.6 Å². The number of aromatic carboxylic acids is 1. The van der Waals surface area contributed by atoms with Gasteiger partial charge in [0, 0.05) is 10.6 Å². The molecule has 0 radical (unpaired) electrons. The number of carboxylic acids is 1. The van der Waals surface area contributed by atoms with Gasteiger partial charge in [-0.3, -0.25) is 0 Å². The highest BCUT2D eigenvalue weighted by Crippen LogP contribution is 2.31. The van der Waals surface area contributed by atoms with Gasteiger partial charge in [0.15, 0.2) is 0 Å². The molecule has 0 heterocycles. The summed E-state index contributed by atoms with van der Waals surface area (Å²) in [5, 5.41) is 8.88. The Kier molecular flexibility index (Phi) is 3.88. The molecule has 0 aliphatic heterocycles. The Bertz CT molecular complexity index is 370. The maximum atomic E-state index is 10.8. The lowest BCUT2D eigenvalue weighted by atomic mass is 10.1. The van der Waals surface area contributed by atoms with Crippen LogP contribution in [-0.4, -0.2) is 16.8 Å². The second-order valence-electron chi connectivity index (χ2n) is 4.29. The van der Waals surface area contributed by atoms with Crippen LogP contribution in [0.3, 0.4) is 0 Å². The second kappa shape index (κ2) is 5.39. The van der Waals surface area contributed by atoms with Crippen LogP contribution in [0.15, 0.2) is 29.2 Å². The SMILES string of the molecule is O=C(O)c1cccc(SCC2CCCC2)c1. The lowest BCUT2D eigenvalue weighted by molar-refractivity contribution is 0.0696. The van der Waals surface area contributed by atoms with E-state index in [-0.39, 0.29) is 0 Å². The van der Waals surface area contributed by atoms with Gasteiger partial charge in [0.1, 0.15) is 0 Å². The zero-order valence-electron chi connectivity index (χ0n) is 9.19. The average molecular weight is 236 g/mol. The highest BCUT2D eigenvalue weighted by Gasteiger charge is 2.15. The lowest BCUT2D eigenvalue weighted by Crippen LogP contribution is -1.98. The summed E-state index contributed by atoms with van der Waals surface area (Å²) in [5.74, 6) is 1.12. The maximum Gasteiger partial charge on any atom is 0.335 e. The molecule has 1 N–H and O–H groups in total. The summed E-state index contributed by atoms with van der Waals surface area (Å²) >= 11 is 1.79. The first-order valence-corrected chi connectivity index (χ1v) is 6.70. The van der Waals surface area contributed by atoms with E-state index < -0.39 is 5.97 Å². The van der Waals surface area contributed by atoms with Crippen molar-refractivity contribution in [3.05, 3.63) is 29.8 Å². The summed E-state index contributed by atoms with van der Waals surface area (Å²) < 4.78 is 0. The number of carbonyl (C=O) groups is 1. The minimum Gasteiger partial charge on any atom is -0.478 e. The first kappa shape index (κ1) is 11.5. The van der Waals surface area contributed by atoms with Crippen molar-refractivity contribution in [2.75, 3.05) is 5.75 Å². The van der Waals surface area contributed by atoms with E-state index in [1.54, 1.807) is 23.9 Å². The van der Waals surface area contributed by atoms with Crippen molar-refractivity contribution in [1.29, 1.82) is 0 Å². The van der Waals surface area contributed by atoms with E-state index in [9.17, 15) is 4.79 Å². The average Bonchev–Trinajstić information content (AvgIpc) is 2.79. The van der Waals surface area contributed by atoms with E-state index in [0.29, 0.717) is 5.56 Å². The molecule has 0 atom stereocenters. The van der Waals surface area contributed by atoms with E-state index in [1.807, 2.05) is 12.1 Å². The molecule has 1 aromatic rings. The first-order chi connectivity index (χ1) is 7.75. The Hall–Kier alpha value is -0.960. The zero-order chi connectivity index (χ0) is 11.4. The fourth-order valence-electron chi connectivity index (χ4n) is 2.11. The van der Waals surface area contributed by atoms with Crippen LogP contribution in [0.1, 0.15) is 36.0 Å². The van der Waals surface area contributed by atoms with Gasteiger partial charge in [-0.1, -0.05) is 18.9 Å². The molecule has 2 rings (SSSR count). The third kappa shape index (κ3) is 3.01. The summed E-state index contributed by atoms with van der Waals surface area (Å²) in [5.41, 5.74) is 0.386. The van der Waals surface area contributed by atoms with Crippen LogP contribution in [0.4, 0.5) is 0 Å². The third-order valence-electron chi connectivity index (χ3n) is 3.04. The second-order valence-corrected chi connectivity index (χ2v) is 5.39. The van der Waals surface area contributed by atoms with E-state index in [0.717, 1.165) is 16.6 Å². The number of thioether (sulfide) groups is 1. The molecule has 1 saturated carbocycles. The van der Waals surface area contributed by atoms with Gasteiger partial charge < -0.3 is 5.11 Å². The van der Waals surface area contributed by atoms with Crippen LogP contribution >= 0.6 is 11.8 Å². The Morgan fingerprint density at radius 1 is 1.38 bits per heavy atom. The Balaban J connectivity index is 1.93. The quantitative estimate of drug-likeness (QED) is 0.810. The van der Waals surface area contributed by atoms with Crippen molar-refractivity contribution in [2.24, 2.45) is 5.92 Å². The van der Waals surface area contributed by atoms with Gasteiger partial charge in [-0.25, -0.2) is 4.79 Å². The molecule has 0 unspecified atom stereocenters. The summed E-state index contributed by atoms with van der Waals surface area (Å²) in [6.07, 6.45) is 5.40. The Morgan fingerprint density at radius 3 is 2.81 bits per heavy atom. The summed E-state index contributed by atoms with van der Waals surface area (Å²) in [7, 11) is 0. The largest absolute Gasteiger partial charge is 0.478 e. The highest BCUT2D eigenvalue weighted by molar-refractivity contribution is 7.99. The van der Waals surface area contributed by atoms with Crippen molar-refractivity contribution >= 4 is 17.7 Å². The van der Waals surface area contributed by atoms with Gasteiger partial charge in [-0.2, -0.15) is 0 Å². The number of benzene rings is 1. The molecule has 1 fully saturated rings. The van der Waals surface area contributed by atoms with Crippen LogP contribution in [-0.2, 0) is 0 Å². The number of carboxylic acid groups (broad SMARTS) is 1. The molecule has 1 aromatic carbocycles. The first-order valence-electron chi connectivity index (χ1n) is 5.72. The molecule has 1 aliphatic rings. The molecule has 0 bridgehead atoms. The van der Waals surface area contributed by atoms with E-state index >= 15 is 0 Å². The number of rotatable bonds is 4. The van der Waals surface area contributed by atoms with Crippen LogP contribution in [0.5, 0.6) is 0 Å². The third-order valence-corrected chi connectivity index (χ3v) is 4.27. The molecule has 2 nitrogen and oxygen atoms in total. The van der Waals surface area contributed by atoms with E-state index in [2.05, 4.69) is 0 Å². The minimum atomic E-state index is -0.844. The summed E-state index contributed by atoms with van der Waals surface area (Å²) in [6.45, 7) is 0. The standard InChI is InChI=1S/C13H16O2S/c14-13(15)11-6-3-7-12(8-11)16-9-10-4-1-2-5-10/h3,6-8,10H,1-2,4-5,9H2,(H,14,15). The zero-order valence-corrected chi connectivity index (χ0v) is 10.0. The topological polar surface area (TPSA) is 37.3 Å². The van der Waals surface area contributed by atoms with E-state index in [4.69, 9.17) is 5.11 Å². The molecular weight excluding hydrogens is 220 g/mol. The maximum absolute atomic E-state index is 10.8. The van der Waals surface area contributed by atoms with Crippen molar-refractivity contribution in [3.63, 3.8) is 0 Å². The molecule has 86 valence electrons. The Labute approximate surface area is 100 Å². The predicted molar refractivity (Wildman–Crippen MR) is 66.1 cm³/mol. The van der Waals surface area contributed by atoms with Gasteiger partial charge in [0.05, 0.1) is 5.56 Å². The molecule has 0 saturated heterocycles. The predicted octanol–water partition coefficient (Wildman–Crippen LogP) is 3.67. The van der Waals surface area contributed by atoms with Gasteiger partial charge in [-0.05, 0) is 37.0 Å². The van der Waals surface area contributed by atoms with Crippen molar-refractivity contribution < 1.29 is 9.90 Å². The molecule has 0 aromatic heterocycles. The molecule has 0 spiro atoms. The molecular formula is C13H16O2S. The fraction of sp³-hybridized carbons (Fsp3) is 0.462. The molecule has 16 heavy (non-hydrogen) atoms. The van der Waals surface area contributed by atoms with Gasteiger partial charge >= 0.3 is 5.97 Å². The monoisotopic (exact) mass is 236 g/mol. The molecule has 3 heteroatoms. The van der Waals surface area contributed by atoms with Crippen LogP contribution in [0, 0.1) is 5.92 Å². The smallest absolute Gasteiger partial charge is 0.335 e. The van der Waals surface area contributed by atoms with Crippen LogP contribution in [0.2, 0.25) is 0 Å². The number of hydrogen-bond donors (Lipinski definition) is 1. The molecule has 1 aliphatic carbocycles. The van der Waals surface area contributed by atoms with Crippen molar-refractivity contribution in [3.8, 4) is 0 Å². The van der Waals surface area contributed by atoms with E-state index in [1.165, 1.54) is 25.7 Å². The van der Waals surface area contributed by atoms with Crippen molar-refractivity contribution in [1.82, 2.24) is 0 Å². The normalized spacial score (nSPS) is 16.5. The minimum absolute atomic E-state index is 0.386. The fourth-order valence-corrected chi connectivity index (χ4v) is 3.26. The lowest BCUT2D eigenvalue weighted by Gasteiger charge is -2.08. The van der Waals surface area contributed by atoms with Crippen LogP contribution < -0.4 is 0 Å². The summed E-state index contributed by atoms with van der Waals surface area (Å²) in [4.78, 5) is 11.9. The Morgan fingerprint density at radius 2 is 2.12 bits per heavy atom. The van der Waals surface area contributed by atoms with Gasteiger partial charge in [-0.15, -0.1) is 11.8 Å².